The van der Waals surface area contributed by atoms with E-state index >= 15 is 0 Å². The van der Waals surface area contributed by atoms with E-state index in [2.05, 4.69) is 15.6 Å². The Morgan fingerprint density at radius 1 is 1.00 bits per heavy atom. The van der Waals surface area contributed by atoms with Gasteiger partial charge in [0.2, 0.25) is 5.91 Å². The predicted octanol–water partition coefficient (Wildman–Crippen LogP) is 2.77. The van der Waals surface area contributed by atoms with Crippen molar-refractivity contribution in [3.05, 3.63) is 77.9 Å². The van der Waals surface area contributed by atoms with E-state index in [1.165, 1.54) is 0 Å². The van der Waals surface area contributed by atoms with Crippen LogP contribution in [0.4, 0.5) is 16.2 Å². The Kier molecular flexibility index (Phi) is 3.85. The number of benzene rings is 2. The number of nitrogens with two attached hydrogens (primary N) is 1. The van der Waals surface area contributed by atoms with Gasteiger partial charge in [-0.2, -0.15) is 0 Å². The van der Waals surface area contributed by atoms with Crippen LogP contribution in [0.5, 0.6) is 0 Å². The number of nitrogens with zero attached hydrogens (tertiary/aromatic N) is 1. The maximum absolute atomic E-state index is 12.4. The Labute approximate surface area is 150 Å². The number of amides is 3. The fourth-order valence-electron chi connectivity index (χ4n) is 3.07. The zero-order valence-electron chi connectivity index (χ0n) is 13.8. The third-order valence-electron chi connectivity index (χ3n) is 4.25. The fourth-order valence-corrected chi connectivity index (χ4v) is 3.07. The van der Waals surface area contributed by atoms with E-state index < -0.39 is 11.9 Å². The van der Waals surface area contributed by atoms with Crippen molar-refractivity contribution in [1.29, 1.82) is 0 Å². The Hall–Kier alpha value is -3.67. The van der Waals surface area contributed by atoms with E-state index in [0.29, 0.717) is 17.0 Å². The van der Waals surface area contributed by atoms with Gasteiger partial charge < -0.3 is 16.4 Å². The summed E-state index contributed by atoms with van der Waals surface area (Å²) in [7, 11) is 0. The molecular weight excluding hydrogens is 328 g/mol. The highest BCUT2D eigenvalue weighted by Gasteiger charge is 2.31. The molecule has 6 nitrogen and oxygen atoms in total. The summed E-state index contributed by atoms with van der Waals surface area (Å²) in [6.07, 6.45) is 3.35. The lowest BCUT2D eigenvalue weighted by atomic mass is 9.90. The summed E-state index contributed by atoms with van der Waals surface area (Å²) >= 11 is 0. The Morgan fingerprint density at radius 3 is 2.50 bits per heavy atom. The van der Waals surface area contributed by atoms with E-state index in [-0.39, 0.29) is 6.03 Å². The third-order valence-corrected chi connectivity index (χ3v) is 4.25. The second-order valence-corrected chi connectivity index (χ2v) is 6.00. The molecule has 4 rings (SSSR count). The molecular formula is C20H16N4O2. The van der Waals surface area contributed by atoms with Gasteiger partial charge in [0.25, 0.3) is 0 Å². The molecule has 1 aliphatic carbocycles. The molecule has 0 spiro atoms. The molecule has 6 heteroatoms. The number of urea groups is 1. The van der Waals surface area contributed by atoms with Crippen molar-refractivity contribution in [2.45, 2.75) is 6.04 Å². The number of aliphatic imine (C=N–C) groups is 1. The van der Waals surface area contributed by atoms with E-state index in [1.54, 1.807) is 24.3 Å². The zero-order chi connectivity index (χ0) is 18.1. The molecule has 1 unspecified atom stereocenters. The minimum Gasteiger partial charge on any atom is -0.366 e. The highest BCUT2D eigenvalue weighted by atomic mass is 16.2. The molecule has 128 valence electrons. The molecule has 1 heterocycles. The molecule has 26 heavy (non-hydrogen) atoms. The Bertz CT molecular complexity index is 990. The van der Waals surface area contributed by atoms with Gasteiger partial charge in [0.05, 0.1) is 17.4 Å². The minimum atomic E-state index is -0.548. The number of fused-ring (bicyclic) bond motifs is 3. The lowest BCUT2D eigenvalue weighted by Gasteiger charge is -2.21. The average molecular weight is 344 g/mol. The summed E-state index contributed by atoms with van der Waals surface area (Å²) in [5.74, 6) is -0.545. The van der Waals surface area contributed by atoms with Crippen molar-refractivity contribution in [3.63, 3.8) is 0 Å². The smallest absolute Gasteiger partial charge is 0.320 e. The Morgan fingerprint density at radius 2 is 1.73 bits per heavy atom. The van der Waals surface area contributed by atoms with Crippen molar-refractivity contribution < 1.29 is 9.59 Å². The van der Waals surface area contributed by atoms with Crippen molar-refractivity contribution in [3.8, 4) is 0 Å². The summed E-state index contributed by atoms with van der Waals surface area (Å²) in [5.41, 5.74) is 9.72. The average Bonchev–Trinajstić information content (AvgIpc) is 3.01. The van der Waals surface area contributed by atoms with Crippen molar-refractivity contribution in [1.82, 2.24) is 5.32 Å². The number of primary amides is 1. The summed E-state index contributed by atoms with van der Waals surface area (Å²) < 4.78 is 0. The number of carbonyl (C=O) groups excluding carboxylic acids is 2. The monoisotopic (exact) mass is 344 g/mol. The lowest BCUT2D eigenvalue weighted by molar-refractivity contribution is -0.114. The lowest BCUT2D eigenvalue weighted by Crippen LogP contribution is -2.43. The normalized spacial score (nSPS) is 17.2. The molecule has 2 aliphatic rings. The molecule has 0 radical (unpaired) electrons. The quantitative estimate of drug-likeness (QED) is 0.798. The second-order valence-electron chi connectivity index (χ2n) is 6.00. The number of nitrogens with one attached hydrogen (secondary N) is 2. The SMILES string of the molecule is NC(=O)C1=CC(NC(=O)Nc2ccccc2)C2=Nc3ccccc3C2=C1. The van der Waals surface area contributed by atoms with Crippen LogP contribution in [0.2, 0.25) is 0 Å². The highest BCUT2D eigenvalue weighted by molar-refractivity contribution is 6.34. The first-order valence-electron chi connectivity index (χ1n) is 8.16. The molecule has 0 saturated heterocycles. The molecule has 2 aromatic carbocycles. The van der Waals surface area contributed by atoms with Crippen LogP contribution < -0.4 is 16.4 Å². The van der Waals surface area contributed by atoms with Crippen molar-refractivity contribution in [2.75, 3.05) is 5.32 Å². The minimum absolute atomic E-state index is 0.348. The van der Waals surface area contributed by atoms with Gasteiger partial charge in [-0.1, -0.05) is 36.4 Å². The highest BCUT2D eigenvalue weighted by Crippen LogP contribution is 2.38. The molecule has 2 aromatic rings. The first-order chi connectivity index (χ1) is 12.6. The number of hydrogen-bond acceptors (Lipinski definition) is 3. The van der Waals surface area contributed by atoms with E-state index in [0.717, 1.165) is 16.8 Å². The molecule has 1 atom stereocenters. The summed E-state index contributed by atoms with van der Waals surface area (Å²) in [6.45, 7) is 0. The van der Waals surface area contributed by atoms with Crippen LogP contribution in [0.25, 0.3) is 5.57 Å². The van der Waals surface area contributed by atoms with Crippen LogP contribution >= 0.6 is 0 Å². The summed E-state index contributed by atoms with van der Waals surface area (Å²) in [5, 5.41) is 5.62. The van der Waals surface area contributed by atoms with Crippen LogP contribution in [0, 0.1) is 0 Å². The fraction of sp³-hybridized carbons (Fsp3) is 0.0500. The topological polar surface area (TPSA) is 96.6 Å². The molecule has 4 N–H and O–H groups in total. The first-order valence-corrected chi connectivity index (χ1v) is 8.16. The van der Waals surface area contributed by atoms with Gasteiger partial charge in [-0.05, 0) is 30.4 Å². The van der Waals surface area contributed by atoms with Crippen LogP contribution in [-0.4, -0.2) is 23.7 Å². The van der Waals surface area contributed by atoms with Gasteiger partial charge in [-0.25, -0.2) is 9.79 Å². The van der Waals surface area contributed by atoms with Crippen molar-refractivity contribution >= 4 is 34.6 Å². The van der Waals surface area contributed by atoms with Gasteiger partial charge in [0.1, 0.15) is 0 Å². The number of rotatable bonds is 3. The molecule has 1 aliphatic heterocycles. The first kappa shape index (κ1) is 15.8. The van der Waals surface area contributed by atoms with Gasteiger partial charge >= 0.3 is 6.03 Å². The van der Waals surface area contributed by atoms with Gasteiger partial charge in [0, 0.05) is 22.4 Å². The van der Waals surface area contributed by atoms with Gasteiger partial charge in [-0.15, -0.1) is 0 Å². The van der Waals surface area contributed by atoms with Crippen LogP contribution in [0.15, 0.2) is 77.3 Å². The van der Waals surface area contributed by atoms with Gasteiger partial charge in [-0.3, -0.25) is 4.79 Å². The number of hydrogen-bond donors (Lipinski definition) is 3. The maximum Gasteiger partial charge on any atom is 0.320 e. The van der Waals surface area contributed by atoms with Crippen LogP contribution in [0.3, 0.4) is 0 Å². The largest absolute Gasteiger partial charge is 0.366 e. The van der Waals surface area contributed by atoms with Gasteiger partial charge in [0.15, 0.2) is 0 Å². The number of anilines is 1. The van der Waals surface area contributed by atoms with E-state index in [9.17, 15) is 9.59 Å². The Balaban J connectivity index is 1.62. The van der Waals surface area contributed by atoms with Crippen LogP contribution in [0.1, 0.15) is 5.56 Å². The molecule has 0 bridgehead atoms. The standard InChI is InChI=1S/C20H16N4O2/c21-19(25)12-10-15-14-8-4-5-9-16(14)23-18(15)17(11-12)24-20(26)22-13-6-2-1-3-7-13/h1-11,17H,(H2,21,25)(H2,22,24,26). The van der Waals surface area contributed by atoms with Crippen molar-refractivity contribution in [2.24, 2.45) is 10.7 Å². The maximum atomic E-state index is 12.4. The summed E-state index contributed by atoms with van der Waals surface area (Å²) in [4.78, 5) is 28.7. The summed E-state index contributed by atoms with van der Waals surface area (Å²) in [6, 6.07) is 15.8. The zero-order valence-corrected chi connectivity index (χ0v) is 13.8. The third kappa shape index (κ3) is 2.88. The molecule has 0 saturated carbocycles. The molecule has 0 fully saturated rings. The van der Waals surface area contributed by atoms with E-state index in [4.69, 9.17) is 5.73 Å². The number of para-hydroxylation sites is 2. The predicted molar refractivity (Wildman–Crippen MR) is 101 cm³/mol. The second kappa shape index (κ2) is 6.33. The van der Waals surface area contributed by atoms with E-state index in [1.807, 2.05) is 42.5 Å². The molecule has 0 aromatic heterocycles. The van der Waals surface area contributed by atoms with Crippen LogP contribution in [-0.2, 0) is 4.79 Å². The molecule has 3 amide bonds. The number of carbonyl (C=O) groups is 2.